The van der Waals surface area contributed by atoms with E-state index in [9.17, 15) is 4.79 Å². The van der Waals surface area contributed by atoms with Crippen molar-refractivity contribution in [1.82, 2.24) is 5.32 Å². The molecule has 1 atom stereocenters. The van der Waals surface area contributed by atoms with Crippen molar-refractivity contribution in [1.29, 1.82) is 0 Å². The molecule has 0 saturated carbocycles. The maximum atomic E-state index is 12.0. The number of amides is 1. The maximum Gasteiger partial charge on any atom is 0.251 e. The lowest BCUT2D eigenvalue weighted by Gasteiger charge is -2.11. The summed E-state index contributed by atoms with van der Waals surface area (Å²) in [4.78, 5) is 12.0. The molecule has 1 saturated heterocycles. The quantitative estimate of drug-likeness (QED) is 0.854. The molecular weight excluding hydrogens is 228 g/mol. The molecule has 1 aliphatic heterocycles. The number of carbonyl (C=O) groups excluding carboxylic acids is 1. The number of carbonyl (C=O) groups is 1. The van der Waals surface area contributed by atoms with Crippen LogP contribution in [0.25, 0.3) is 0 Å². The van der Waals surface area contributed by atoms with Crippen LogP contribution in [0.5, 0.6) is 0 Å². The van der Waals surface area contributed by atoms with Crippen LogP contribution in [0.3, 0.4) is 0 Å². The molecule has 1 amide bonds. The Morgan fingerprint density at radius 1 is 1.50 bits per heavy atom. The predicted molar refractivity (Wildman–Crippen MR) is 72.0 cm³/mol. The molecule has 98 valence electrons. The number of benzene rings is 1. The predicted octanol–water partition coefficient (Wildman–Crippen LogP) is 1.80. The first-order chi connectivity index (χ1) is 8.70. The fraction of sp³-hybridized carbons (Fsp3) is 0.500. The normalized spacial score (nSPS) is 18.7. The monoisotopic (exact) mass is 248 g/mol. The molecule has 1 fully saturated rings. The van der Waals surface area contributed by atoms with Gasteiger partial charge in [-0.15, -0.1) is 0 Å². The van der Waals surface area contributed by atoms with Crippen LogP contribution in [0.15, 0.2) is 18.2 Å². The first-order valence-electron chi connectivity index (χ1n) is 6.35. The third kappa shape index (κ3) is 3.01. The van der Waals surface area contributed by atoms with Crippen LogP contribution < -0.4 is 10.6 Å². The van der Waals surface area contributed by atoms with Crippen LogP contribution in [0.1, 0.15) is 22.3 Å². The van der Waals surface area contributed by atoms with Crippen LogP contribution in [0.2, 0.25) is 0 Å². The Kier molecular flexibility index (Phi) is 4.20. The summed E-state index contributed by atoms with van der Waals surface area (Å²) in [7, 11) is 1.87. The number of anilines is 1. The molecule has 0 aromatic heterocycles. The van der Waals surface area contributed by atoms with Crippen LogP contribution in [0, 0.1) is 12.8 Å². The molecule has 1 aliphatic rings. The van der Waals surface area contributed by atoms with Gasteiger partial charge in [-0.25, -0.2) is 0 Å². The van der Waals surface area contributed by atoms with E-state index in [-0.39, 0.29) is 5.91 Å². The SMILES string of the molecule is CNc1ccc(C(=O)NCC2CCOC2)c(C)c1. The number of nitrogens with one attached hydrogen (secondary N) is 2. The van der Waals surface area contributed by atoms with Gasteiger partial charge < -0.3 is 15.4 Å². The molecule has 1 heterocycles. The molecule has 18 heavy (non-hydrogen) atoms. The second kappa shape index (κ2) is 5.87. The highest BCUT2D eigenvalue weighted by Gasteiger charge is 2.17. The third-order valence-corrected chi connectivity index (χ3v) is 3.33. The largest absolute Gasteiger partial charge is 0.388 e. The fourth-order valence-electron chi connectivity index (χ4n) is 2.15. The van der Waals surface area contributed by atoms with E-state index in [0.717, 1.165) is 36.4 Å². The Balaban J connectivity index is 1.95. The van der Waals surface area contributed by atoms with Crippen molar-refractivity contribution >= 4 is 11.6 Å². The Labute approximate surface area is 108 Å². The van der Waals surface area contributed by atoms with Crippen LogP contribution in [-0.4, -0.2) is 32.7 Å². The Morgan fingerprint density at radius 2 is 2.33 bits per heavy atom. The van der Waals surface area contributed by atoms with Crippen LogP contribution in [0.4, 0.5) is 5.69 Å². The molecule has 0 radical (unpaired) electrons. The van der Waals surface area contributed by atoms with E-state index < -0.39 is 0 Å². The topological polar surface area (TPSA) is 50.4 Å². The zero-order chi connectivity index (χ0) is 13.0. The maximum absolute atomic E-state index is 12.0. The number of hydrogen-bond acceptors (Lipinski definition) is 3. The minimum atomic E-state index is 0.00190. The van der Waals surface area contributed by atoms with Gasteiger partial charge in [-0.2, -0.15) is 0 Å². The van der Waals surface area contributed by atoms with Crippen LogP contribution in [-0.2, 0) is 4.74 Å². The van der Waals surface area contributed by atoms with Crippen molar-refractivity contribution < 1.29 is 9.53 Å². The molecule has 0 bridgehead atoms. The summed E-state index contributed by atoms with van der Waals surface area (Å²) in [5, 5.41) is 6.04. The van der Waals surface area contributed by atoms with E-state index in [0.29, 0.717) is 12.5 Å². The average Bonchev–Trinajstić information content (AvgIpc) is 2.88. The first kappa shape index (κ1) is 12.9. The van der Waals surface area contributed by atoms with Crippen molar-refractivity contribution in [3.05, 3.63) is 29.3 Å². The first-order valence-corrected chi connectivity index (χ1v) is 6.35. The standard InChI is InChI=1S/C14H20N2O2/c1-10-7-12(15-2)3-4-13(10)14(17)16-8-11-5-6-18-9-11/h3-4,7,11,15H,5-6,8-9H2,1-2H3,(H,16,17). The highest BCUT2D eigenvalue weighted by Crippen LogP contribution is 2.15. The van der Waals surface area contributed by atoms with Crippen molar-refractivity contribution in [3.63, 3.8) is 0 Å². The van der Waals surface area contributed by atoms with Crippen molar-refractivity contribution in [3.8, 4) is 0 Å². The highest BCUT2D eigenvalue weighted by atomic mass is 16.5. The van der Waals surface area contributed by atoms with Crippen molar-refractivity contribution in [2.45, 2.75) is 13.3 Å². The van der Waals surface area contributed by atoms with E-state index in [1.807, 2.05) is 32.2 Å². The van der Waals surface area contributed by atoms with Crippen molar-refractivity contribution in [2.24, 2.45) is 5.92 Å². The Morgan fingerprint density at radius 3 is 2.94 bits per heavy atom. The zero-order valence-corrected chi connectivity index (χ0v) is 11.0. The molecule has 1 unspecified atom stereocenters. The number of rotatable bonds is 4. The van der Waals surface area contributed by atoms with Gasteiger partial charge in [-0.3, -0.25) is 4.79 Å². The molecule has 1 aromatic carbocycles. The molecule has 2 rings (SSSR count). The number of hydrogen-bond donors (Lipinski definition) is 2. The molecule has 4 nitrogen and oxygen atoms in total. The summed E-state index contributed by atoms with van der Waals surface area (Å²) < 4.78 is 5.29. The molecule has 1 aromatic rings. The van der Waals surface area contributed by atoms with Gasteiger partial charge in [0.2, 0.25) is 0 Å². The smallest absolute Gasteiger partial charge is 0.251 e. The summed E-state index contributed by atoms with van der Waals surface area (Å²) >= 11 is 0. The number of ether oxygens (including phenoxy) is 1. The molecule has 0 spiro atoms. The summed E-state index contributed by atoms with van der Waals surface area (Å²) in [6.45, 7) is 4.23. The lowest BCUT2D eigenvalue weighted by Crippen LogP contribution is -2.30. The molecule has 0 aliphatic carbocycles. The summed E-state index contributed by atoms with van der Waals surface area (Å²) in [6, 6.07) is 5.76. The Hall–Kier alpha value is -1.55. The van der Waals surface area contributed by atoms with E-state index in [1.54, 1.807) is 0 Å². The minimum absolute atomic E-state index is 0.00190. The molecule has 4 heteroatoms. The van der Waals surface area contributed by atoms with Gasteiger partial charge in [0.1, 0.15) is 0 Å². The summed E-state index contributed by atoms with van der Waals surface area (Å²) in [5.74, 6) is 0.466. The lowest BCUT2D eigenvalue weighted by molar-refractivity contribution is 0.0944. The van der Waals surface area contributed by atoms with E-state index >= 15 is 0 Å². The van der Waals surface area contributed by atoms with Gasteiger partial charge in [0.05, 0.1) is 6.61 Å². The minimum Gasteiger partial charge on any atom is -0.388 e. The molecule has 2 N–H and O–H groups in total. The second-order valence-electron chi connectivity index (χ2n) is 4.72. The third-order valence-electron chi connectivity index (χ3n) is 3.33. The Bertz CT molecular complexity index is 426. The highest BCUT2D eigenvalue weighted by molar-refractivity contribution is 5.96. The van der Waals surface area contributed by atoms with Gasteiger partial charge >= 0.3 is 0 Å². The van der Waals surface area contributed by atoms with Gasteiger partial charge in [0, 0.05) is 37.4 Å². The lowest BCUT2D eigenvalue weighted by atomic mass is 10.1. The number of aryl methyl sites for hydroxylation is 1. The van der Waals surface area contributed by atoms with Gasteiger partial charge in [-0.1, -0.05) is 0 Å². The van der Waals surface area contributed by atoms with E-state index in [1.165, 1.54) is 0 Å². The van der Waals surface area contributed by atoms with E-state index in [2.05, 4.69) is 10.6 Å². The average molecular weight is 248 g/mol. The van der Waals surface area contributed by atoms with Gasteiger partial charge in [-0.05, 0) is 37.1 Å². The van der Waals surface area contributed by atoms with Crippen molar-refractivity contribution in [2.75, 3.05) is 32.1 Å². The van der Waals surface area contributed by atoms with Gasteiger partial charge in [0.15, 0.2) is 0 Å². The summed E-state index contributed by atoms with van der Waals surface area (Å²) in [5.41, 5.74) is 2.75. The fourth-order valence-corrected chi connectivity index (χ4v) is 2.15. The molecular formula is C14H20N2O2. The van der Waals surface area contributed by atoms with Gasteiger partial charge in [0.25, 0.3) is 5.91 Å². The van der Waals surface area contributed by atoms with E-state index in [4.69, 9.17) is 4.74 Å². The van der Waals surface area contributed by atoms with Crippen LogP contribution >= 0.6 is 0 Å². The second-order valence-corrected chi connectivity index (χ2v) is 4.72. The summed E-state index contributed by atoms with van der Waals surface area (Å²) in [6.07, 6.45) is 1.04. The zero-order valence-electron chi connectivity index (χ0n) is 11.0.